The molecule has 1 aromatic carbocycles. The monoisotopic (exact) mass is 262 g/mol. The predicted molar refractivity (Wildman–Crippen MR) is 75.1 cm³/mol. The maximum atomic E-state index is 12.2. The van der Waals surface area contributed by atoms with E-state index >= 15 is 0 Å². The van der Waals surface area contributed by atoms with Crippen LogP contribution >= 0.6 is 0 Å². The molecule has 4 nitrogen and oxygen atoms in total. The predicted octanol–water partition coefficient (Wildman–Crippen LogP) is 1.56. The molecule has 1 saturated heterocycles. The van der Waals surface area contributed by atoms with Crippen LogP contribution in [0.3, 0.4) is 0 Å². The van der Waals surface area contributed by atoms with Gasteiger partial charge in [0, 0.05) is 18.7 Å². The summed E-state index contributed by atoms with van der Waals surface area (Å²) in [4.78, 5) is 12.2. The second kappa shape index (κ2) is 6.68. The van der Waals surface area contributed by atoms with Crippen molar-refractivity contribution in [3.05, 3.63) is 35.4 Å². The van der Waals surface area contributed by atoms with Crippen molar-refractivity contribution in [1.82, 2.24) is 10.6 Å². The van der Waals surface area contributed by atoms with Crippen molar-refractivity contribution in [2.75, 3.05) is 20.2 Å². The number of amides is 1. The third kappa shape index (κ3) is 3.78. The van der Waals surface area contributed by atoms with Gasteiger partial charge in [-0.2, -0.15) is 0 Å². The van der Waals surface area contributed by atoms with E-state index in [1.807, 2.05) is 24.3 Å². The van der Waals surface area contributed by atoms with Gasteiger partial charge in [0.15, 0.2) is 0 Å². The third-order valence-corrected chi connectivity index (χ3v) is 3.63. The Morgan fingerprint density at radius 1 is 1.42 bits per heavy atom. The summed E-state index contributed by atoms with van der Waals surface area (Å²) in [7, 11) is 1.67. The first-order chi connectivity index (χ1) is 9.20. The lowest BCUT2D eigenvalue weighted by Gasteiger charge is -2.30. The Bertz CT molecular complexity index is 417. The molecule has 0 aliphatic carbocycles. The highest BCUT2D eigenvalue weighted by Gasteiger charge is 2.22. The van der Waals surface area contributed by atoms with Crippen molar-refractivity contribution >= 4 is 5.91 Å². The van der Waals surface area contributed by atoms with Gasteiger partial charge in [-0.3, -0.25) is 4.79 Å². The van der Waals surface area contributed by atoms with Gasteiger partial charge in [-0.25, -0.2) is 0 Å². The number of piperidine rings is 1. The third-order valence-electron chi connectivity index (χ3n) is 3.63. The van der Waals surface area contributed by atoms with Gasteiger partial charge < -0.3 is 15.4 Å². The van der Waals surface area contributed by atoms with Crippen molar-refractivity contribution < 1.29 is 9.53 Å². The second-order valence-corrected chi connectivity index (χ2v) is 5.18. The Morgan fingerprint density at radius 3 is 2.79 bits per heavy atom. The average Bonchev–Trinajstić information content (AvgIpc) is 2.42. The molecule has 1 aliphatic rings. The minimum absolute atomic E-state index is 0.0164. The molecule has 19 heavy (non-hydrogen) atoms. The number of carbonyl (C=O) groups excluding carboxylic acids is 1. The lowest BCUT2D eigenvalue weighted by molar-refractivity contribution is 0.0914. The summed E-state index contributed by atoms with van der Waals surface area (Å²) in [5.41, 5.74) is 1.79. The van der Waals surface area contributed by atoms with E-state index in [4.69, 9.17) is 4.74 Å². The Labute approximate surface area is 114 Å². The van der Waals surface area contributed by atoms with E-state index in [9.17, 15) is 4.79 Å². The van der Waals surface area contributed by atoms with E-state index in [0.717, 1.165) is 25.1 Å². The summed E-state index contributed by atoms with van der Waals surface area (Å²) in [6.07, 6.45) is 0.995. The zero-order chi connectivity index (χ0) is 13.7. The average molecular weight is 262 g/mol. The Balaban J connectivity index is 1.95. The number of hydrogen-bond acceptors (Lipinski definition) is 3. The van der Waals surface area contributed by atoms with Crippen molar-refractivity contribution in [3.8, 4) is 0 Å². The number of nitrogens with one attached hydrogen (secondary N) is 2. The molecule has 1 fully saturated rings. The first-order valence-corrected chi connectivity index (χ1v) is 6.80. The molecular formula is C15H22N2O2. The van der Waals surface area contributed by atoms with Gasteiger partial charge in [0.1, 0.15) is 0 Å². The van der Waals surface area contributed by atoms with Crippen LogP contribution in [0.1, 0.15) is 29.3 Å². The molecule has 0 spiro atoms. The quantitative estimate of drug-likeness (QED) is 0.866. The molecule has 0 bridgehead atoms. The normalized spacial score (nSPS) is 23.1. The van der Waals surface area contributed by atoms with Crippen molar-refractivity contribution in [1.29, 1.82) is 0 Å². The summed E-state index contributed by atoms with van der Waals surface area (Å²) < 4.78 is 5.06. The van der Waals surface area contributed by atoms with E-state index < -0.39 is 0 Å². The number of rotatable bonds is 4. The van der Waals surface area contributed by atoms with Crippen molar-refractivity contribution in [2.24, 2.45) is 5.92 Å². The molecule has 0 radical (unpaired) electrons. The first kappa shape index (κ1) is 14.0. The summed E-state index contributed by atoms with van der Waals surface area (Å²) in [6.45, 7) is 4.69. The number of benzene rings is 1. The highest BCUT2D eigenvalue weighted by Crippen LogP contribution is 2.12. The van der Waals surface area contributed by atoms with Gasteiger partial charge in [0.2, 0.25) is 0 Å². The van der Waals surface area contributed by atoms with Gasteiger partial charge in [-0.05, 0) is 43.1 Å². The van der Waals surface area contributed by atoms with Gasteiger partial charge in [0.05, 0.1) is 6.61 Å². The van der Waals surface area contributed by atoms with Gasteiger partial charge in [-0.15, -0.1) is 0 Å². The summed E-state index contributed by atoms with van der Waals surface area (Å²) in [5.74, 6) is 0.494. The Hall–Kier alpha value is -1.39. The molecule has 1 amide bonds. The van der Waals surface area contributed by atoms with E-state index in [1.165, 1.54) is 0 Å². The molecule has 0 aromatic heterocycles. The molecule has 4 heteroatoms. The molecular weight excluding hydrogens is 240 g/mol. The molecule has 0 saturated carbocycles. The number of methoxy groups -OCH3 is 1. The summed E-state index contributed by atoms with van der Waals surface area (Å²) >= 11 is 0. The zero-order valence-electron chi connectivity index (χ0n) is 11.6. The lowest BCUT2D eigenvalue weighted by atomic mass is 9.95. The van der Waals surface area contributed by atoms with Gasteiger partial charge >= 0.3 is 0 Å². The fourth-order valence-corrected chi connectivity index (χ4v) is 2.40. The smallest absolute Gasteiger partial charge is 0.251 e. The maximum absolute atomic E-state index is 12.2. The van der Waals surface area contributed by atoms with Crippen molar-refractivity contribution in [2.45, 2.75) is 26.0 Å². The van der Waals surface area contributed by atoms with E-state index in [2.05, 4.69) is 17.6 Å². The SMILES string of the molecule is COCc1ccc(C(=O)NC2CCNCC2C)cc1. The fraction of sp³-hybridized carbons (Fsp3) is 0.533. The molecule has 104 valence electrons. The minimum atomic E-state index is 0.0164. The lowest BCUT2D eigenvalue weighted by Crippen LogP contribution is -2.48. The van der Waals surface area contributed by atoms with Crippen LogP contribution in [-0.4, -0.2) is 32.1 Å². The molecule has 1 heterocycles. The highest BCUT2D eigenvalue weighted by molar-refractivity contribution is 5.94. The van der Waals surface area contributed by atoms with Gasteiger partial charge in [0.25, 0.3) is 5.91 Å². The van der Waals surface area contributed by atoms with Crippen LogP contribution in [-0.2, 0) is 11.3 Å². The zero-order valence-corrected chi connectivity index (χ0v) is 11.6. The van der Waals surface area contributed by atoms with E-state index in [1.54, 1.807) is 7.11 Å². The molecule has 2 rings (SSSR count). The van der Waals surface area contributed by atoms with Crippen LogP contribution in [0.15, 0.2) is 24.3 Å². The number of ether oxygens (including phenoxy) is 1. The minimum Gasteiger partial charge on any atom is -0.380 e. The molecule has 2 atom stereocenters. The van der Waals surface area contributed by atoms with Crippen LogP contribution < -0.4 is 10.6 Å². The molecule has 2 unspecified atom stereocenters. The number of carbonyl (C=O) groups is 1. The molecule has 1 aliphatic heterocycles. The second-order valence-electron chi connectivity index (χ2n) is 5.18. The van der Waals surface area contributed by atoms with Crippen LogP contribution in [0.2, 0.25) is 0 Å². The van der Waals surface area contributed by atoms with E-state index in [-0.39, 0.29) is 11.9 Å². The van der Waals surface area contributed by atoms with Crippen LogP contribution in [0.4, 0.5) is 0 Å². The Morgan fingerprint density at radius 2 is 2.16 bits per heavy atom. The largest absolute Gasteiger partial charge is 0.380 e. The summed E-state index contributed by atoms with van der Waals surface area (Å²) in [6, 6.07) is 7.85. The van der Waals surface area contributed by atoms with Crippen LogP contribution in [0.5, 0.6) is 0 Å². The van der Waals surface area contributed by atoms with E-state index in [0.29, 0.717) is 18.1 Å². The summed E-state index contributed by atoms with van der Waals surface area (Å²) in [5, 5.41) is 6.46. The fourth-order valence-electron chi connectivity index (χ4n) is 2.40. The van der Waals surface area contributed by atoms with Crippen molar-refractivity contribution in [3.63, 3.8) is 0 Å². The first-order valence-electron chi connectivity index (χ1n) is 6.80. The number of hydrogen-bond donors (Lipinski definition) is 2. The van der Waals surface area contributed by atoms with Crippen LogP contribution in [0.25, 0.3) is 0 Å². The van der Waals surface area contributed by atoms with Crippen LogP contribution in [0, 0.1) is 5.92 Å². The Kier molecular flexibility index (Phi) is 4.93. The molecule has 1 aromatic rings. The van der Waals surface area contributed by atoms with Gasteiger partial charge in [-0.1, -0.05) is 19.1 Å². The standard InChI is InChI=1S/C15H22N2O2/c1-11-9-16-8-7-14(11)17-15(18)13-5-3-12(4-6-13)10-19-2/h3-6,11,14,16H,7-10H2,1-2H3,(H,17,18). The maximum Gasteiger partial charge on any atom is 0.251 e. The molecule has 2 N–H and O–H groups in total. The topological polar surface area (TPSA) is 50.4 Å². The highest BCUT2D eigenvalue weighted by atomic mass is 16.5.